The van der Waals surface area contributed by atoms with Crippen LogP contribution in [0, 0.1) is 5.92 Å². The molecular weight excluding hydrogens is 256 g/mol. The highest BCUT2D eigenvalue weighted by Gasteiger charge is 2.10. The normalized spacial score (nSPS) is 12.4. The lowest BCUT2D eigenvalue weighted by Crippen LogP contribution is -2.01. The minimum Gasteiger partial charge on any atom is -0.143 e. The number of thiol groups is 1. The lowest BCUT2D eigenvalue weighted by molar-refractivity contribution is 0.452. The van der Waals surface area contributed by atoms with Crippen molar-refractivity contribution in [1.82, 2.24) is 0 Å². The second-order valence-corrected chi connectivity index (χ2v) is 6.52. The van der Waals surface area contributed by atoms with Crippen molar-refractivity contribution in [3.8, 4) is 0 Å². The van der Waals surface area contributed by atoms with Gasteiger partial charge in [-0.15, -0.1) is 24.0 Å². The molecule has 0 aliphatic heterocycles. The Morgan fingerprint density at radius 1 is 1.33 bits per heavy atom. The first kappa shape index (κ1) is 15.6. The first-order valence-electron chi connectivity index (χ1n) is 6.74. The molecule has 18 heavy (non-hydrogen) atoms. The molecule has 0 amide bonds. The van der Waals surface area contributed by atoms with E-state index in [0.29, 0.717) is 0 Å². The van der Waals surface area contributed by atoms with Gasteiger partial charge in [0.15, 0.2) is 0 Å². The topological polar surface area (TPSA) is 0 Å². The lowest BCUT2D eigenvalue weighted by Gasteiger charge is -2.12. The Bertz CT molecular complexity index is 401. The van der Waals surface area contributed by atoms with E-state index < -0.39 is 0 Å². The fourth-order valence-corrected chi connectivity index (χ4v) is 3.34. The predicted octanol–water partition coefficient (Wildman–Crippen LogP) is 5.96. The predicted molar refractivity (Wildman–Crippen MR) is 88.5 cm³/mol. The van der Waals surface area contributed by atoms with E-state index in [-0.39, 0.29) is 0 Å². The molecule has 1 unspecified atom stereocenters. The molecule has 0 aromatic carbocycles. The molecule has 0 nitrogen and oxygen atoms in total. The number of allylic oxidation sites excluding steroid dienone is 1. The van der Waals surface area contributed by atoms with Crippen LogP contribution < -0.4 is 0 Å². The molecule has 0 bridgehead atoms. The summed E-state index contributed by atoms with van der Waals surface area (Å²) in [7, 11) is 0. The zero-order valence-electron chi connectivity index (χ0n) is 11.5. The minimum absolute atomic E-state index is 0.765. The second-order valence-electron chi connectivity index (χ2n) is 4.81. The van der Waals surface area contributed by atoms with Crippen LogP contribution in [0.25, 0.3) is 5.57 Å². The van der Waals surface area contributed by atoms with Gasteiger partial charge in [0, 0.05) is 14.7 Å². The van der Waals surface area contributed by atoms with Crippen LogP contribution in [0.15, 0.2) is 30.2 Å². The summed E-state index contributed by atoms with van der Waals surface area (Å²) >= 11 is 6.10. The van der Waals surface area contributed by atoms with Crippen LogP contribution in [0.4, 0.5) is 0 Å². The third kappa shape index (κ3) is 4.66. The van der Waals surface area contributed by atoms with Crippen molar-refractivity contribution in [3.05, 3.63) is 40.0 Å². The number of hydrogen-bond donors (Lipinski definition) is 1. The zero-order chi connectivity index (χ0) is 13.5. The summed E-state index contributed by atoms with van der Waals surface area (Å²) in [5.41, 5.74) is 0.955. The van der Waals surface area contributed by atoms with Gasteiger partial charge in [0.1, 0.15) is 0 Å². The van der Waals surface area contributed by atoms with Gasteiger partial charge in [0.05, 0.1) is 0 Å². The fourth-order valence-electron chi connectivity index (χ4n) is 2.02. The number of unbranched alkanes of at least 4 members (excludes halogenated alkanes) is 1. The Balaban J connectivity index is 2.62. The first-order chi connectivity index (χ1) is 8.58. The van der Waals surface area contributed by atoms with E-state index in [0.717, 1.165) is 16.4 Å². The third-order valence-electron chi connectivity index (χ3n) is 3.34. The van der Waals surface area contributed by atoms with Crippen molar-refractivity contribution >= 4 is 29.5 Å². The molecule has 0 saturated carbocycles. The average molecular weight is 281 g/mol. The quantitative estimate of drug-likeness (QED) is 0.440. The van der Waals surface area contributed by atoms with Crippen molar-refractivity contribution in [3.63, 3.8) is 0 Å². The lowest BCUT2D eigenvalue weighted by atomic mass is 9.95. The van der Waals surface area contributed by atoms with Gasteiger partial charge >= 0.3 is 0 Å². The van der Waals surface area contributed by atoms with Gasteiger partial charge in [-0.2, -0.15) is 0 Å². The Labute approximate surface area is 121 Å². The number of rotatable bonds is 8. The summed E-state index contributed by atoms with van der Waals surface area (Å²) in [5, 5.41) is 0. The summed E-state index contributed by atoms with van der Waals surface area (Å²) < 4.78 is 0. The minimum atomic E-state index is 0.765. The fraction of sp³-hybridized carbons (Fsp3) is 0.500. The molecule has 1 aromatic rings. The average Bonchev–Trinajstić information content (AvgIpc) is 2.81. The van der Waals surface area contributed by atoms with E-state index in [2.05, 4.69) is 51.8 Å². The van der Waals surface area contributed by atoms with Crippen molar-refractivity contribution in [2.24, 2.45) is 5.92 Å². The molecule has 0 saturated heterocycles. The maximum atomic E-state index is 4.26. The Morgan fingerprint density at radius 2 is 2.06 bits per heavy atom. The molecular formula is C16H24S2. The van der Waals surface area contributed by atoms with Gasteiger partial charge in [-0.25, -0.2) is 0 Å². The molecule has 0 fully saturated rings. The van der Waals surface area contributed by atoms with E-state index in [1.807, 2.05) is 11.3 Å². The van der Waals surface area contributed by atoms with Crippen molar-refractivity contribution in [2.45, 2.75) is 46.0 Å². The maximum Gasteiger partial charge on any atom is 0.0350 e. The molecule has 1 atom stereocenters. The van der Waals surface area contributed by atoms with Crippen LogP contribution in [0.1, 0.15) is 49.3 Å². The van der Waals surface area contributed by atoms with Crippen LogP contribution in [-0.4, -0.2) is 0 Å². The van der Waals surface area contributed by atoms with Crippen LogP contribution in [-0.2, 0) is 6.42 Å². The molecule has 1 aromatic heterocycles. The highest BCUT2D eigenvalue weighted by atomic mass is 32.1. The second kappa shape index (κ2) is 7.85. The van der Waals surface area contributed by atoms with Crippen LogP contribution in [0.5, 0.6) is 0 Å². The van der Waals surface area contributed by atoms with Crippen molar-refractivity contribution < 1.29 is 0 Å². The smallest absolute Gasteiger partial charge is 0.0350 e. The molecule has 0 aliphatic carbocycles. The standard InChI is InChI=1S/C16H24S2/c1-5-7-8-14(6-2)11-15-9-10-16(18-15)12(3)13(4)17/h9-10,14,17H,3-8,11H2,1-2H3. The molecule has 0 aliphatic rings. The van der Waals surface area contributed by atoms with Crippen LogP contribution in [0.2, 0.25) is 0 Å². The first-order valence-corrected chi connectivity index (χ1v) is 8.01. The largest absolute Gasteiger partial charge is 0.143 e. The highest BCUT2D eigenvalue weighted by molar-refractivity contribution is 7.85. The Hall–Kier alpha value is -0.470. The summed E-state index contributed by atoms with van der Waals surface area (Å²) in [6.45, 7) is 12.4. The molecule has 1 rings (SSSR count). The number of thiophene rings is 1. The maximum absolute atomic E-state index is 4.26. The molecule has 0 N–H and O–H groups in total. The number of hydrogen-bond acceptors (Lipinski definition) is 2. The summed E-state index contributed by atoms with van der Waals surface area (Å²) in [6, 6.07) is 4.38. The van der Waals surface area contributed by atoms with Gasteiger partial charge < -0.3 is 0 Å². The Kier molecular flexibility index (Phi) is 6.80. The summed E-state index contributed by atoms with van der Waals surface area (Å²) in [5.74, 6) is 0.823. The van der Waals surface area contributed by atoms with Gasteiger partial charge in [-0.05, 0) is 30.0 Å². The van der Waals surface area contributed by atoms with Gasteiger partial charge in [0.2, 0.25) is 0 Å². The molecule has 1 heterocycles. The van der Waals surface area contributed by atoms with Gasteiger partial charge in [-0.1, -0.05) is 52.7 Å². The van der Waals surface area contributed by atoms with Crippen LogP contribution >= 0.6 is 24.0 Å². The Morgan fingerprint density at radius 3 is 2.61 bits per heavy atom. The van der Waals surface area contributed by atoms with Crippen LogP contribution in [0.3, 0.4) is 0 Å². The monoisotopic (exact) mass is 280 g/mol. The molecule has 0 radical (unpaired) electrons. The van der Waals surface area contributed by atoms with Crippen molar-refractivity contribution in [1.29, 1.82) is 0 Å². The summed E-state index contributed by atoms with van der Waals surface area (Å²) in [6.07, 6.45) is 6.46. The third-order valence-corrected chi connectivity index (χ3v) is 4.78. The molecule has 0 spiro atoms. The van der Waals surface area contributed by atoms with Crippen molar-refractivity contribution in [2.75, 3.05) is 0 Å². The van der Waals surface area contributed by atoms with E-state index in [1.165, 1.54) is 41.9 Å². The zero-order valence-corrected chi connectivity index (χ0v) is 13.2. The van der Waals surface area contributed by atoms with E-state index in [9.17, 15) is 0 Å². The van der Waals surface area contributed by atoms with Gasteiger partial charge in [-0.3, -0.25) is 0 Å². The molecule has 2 heteroatoms. The van der Waals surface area contributed by atoms with E-state index in [1.54, 1.807) is 0 Å². The highest BCUT2D eigenvalue weighted by Crippen LogP contribution is 2.31. The SMILES string of the molecule is C=C(S)C(=C)c1ccc(CC(CC)CCCC)s1. The van der Waals surface area contributed by atoms with E-state index >= 15 is 0 Å². The van der Waals surface area contributed by atoms with E-state index in [4.69, 9.17) is 0 Å². The summed E-state index contributed by atoms with van der Waals surface area (Å²) in [4.78, 5) is 3.43. The molecule has 100 valence electrons. The van der Waals surface area contributed by atoms with Gasteiger partial charge in [0.25, 0.3) is 0 Å².